The lowest BCUT2D eigenvalue weighted by Crippen LogP contribution is -2.35. The van der Waals surface area contributed by atoms with Crippen molar-refractivity contribution in [3.05, 3.63) is 304 Å². The molecule has 1 aromatic heterocycles. The predicted octanol–water partition coefficient (Wildman–Crippen LogP) is 16.7. The predicted molar refractivity (Wildman–Crippen MR) is 303 cm³/mol. The third-order valence-corrected chi connectivity index (χ3v) is 14.2. The van der Waals surface area contributed by atoms with E-state index in [0.717, 1.165) is 6.42 Å². The minimum atomic E-state index is -0.428. The highest BCUT2D eigenvalue weighted by Crippen LogP contribution is 2.56. The van der Waals surface area contributed by atoms with Crippen LogP contribution >= 0.6 is 0 Å². The molecule has 1 unspecified atom stereocenters. The first-order valence-electron chi connectivity index (χ1n) is 25.3. The van der Waals surface area contributed by atoms with Crippen molar-refractivity contribution in [1.29, 1.82) is 0 Å². The Morgan fingerprint density at radius 2 is 0.986 bits per heavy atom. The summed E-state index contributed by atoms with van der Waals surface area (Å²) in [6, 6.07) is 83.8. The first kappa shape index (κ1) is 46.5. The van der Waals surface area contributed by atoms with Gasteiger partial charge in [-0.1, -0.05) is 268 Å². The molecule has 0 fully saturated rings. The van der Waals surface area contributed by atoms with E-state index in [2.05, 4.69) is 250 Å². The van der Waals surface area contributed by atoms with Crippen LogP contribution in [0.5, 0.6) is 0 Å². The highest BCUT2D eigenvalue weighted by molar-refractivity contribution is 5.94. The number of benzene rings is 9. The molecule has 0 spiro atoms. The fourth-order valence-electron chi connectivity index (χ4n) is 11.0. The standard InChI is InChI=1S/C54H39N.2C7H8.C2H6/c1-36-16-8-10-22-42(36)45-25-13-12-23-43(45)38-29-31-47-48-32-28-37-17-9-11-24-44(37)53(48)55(52(47)34-38)41-30-33-51-49(35-41)46-26-14-15-27-50(46)54(51,39-18-4-2-5-19-39)40-20-6-3-7-21-40;2*1-7-5-3-2-4-6-7;1-2/h2-27,29-35,37H,28H2,1H3;2*2-6H,1H3;1-2H3. The van der Waals surface area contributed by atoms with E-state index >= 15 is 0 Å². The summed E-state index contributed by atoms with van der Waals surface area (Å²) in [7, 11) is 0. The zero-order chi connectivity index (χ0) is 48.7. The van der Waals surface area contributed by atoms with E-state index in [-0.39, 0.29) is 0 Å². The number of allylic oxidation sites excluding steroid dienone is 4. The second-order valence-corrected chi connectivity index (χ2v) is 18.5. The van der Waals surface area contributed by atoms with Crippen LogP contribution in [0.3, 0.4) is 0 Å². The zero-order valence-corrected chi connectivity index (χ0v) is 41.6. The van der Waals surface area contributed by atoms with Crippen LogP contribution < -0.4 is 10.6 Å². The van der Waals surface area contributed by atoms with Gasteiger partial charge in [-0.2, -0.15) is 0 Å². The van der Waals surface area contributed by atoms with Crippen LogP contribution in [0.2, 0.25) is 0 Å². The average molecular weight is 916 g/mol. The summed E-state index contributed by atoms with van der Waals surface area (Å²) in [6.07, 6.45) is 12.6. The van der Waals surface area contributed by atoms with Crippen molar-refractivity contribution in [2.24, 2.45) is 5.92 Å². The summed E-state index contributed by atoms with van der Waals surface area (Å²) in [4.78, 5) is 0. The molecule has 0 N–H and O–H groups in total. The van der Waals surface area contributed by atoms with Gasteiger partial charge in [0.25, 0.3) is 0 Å². The molecule has 1 atom stereocenters. The summed E-state index contributed by atoms with van der Waals surface area (Å²) < 4.78 is 2.57. The van der Waals surface area contributed by atoms with Crippen molar-refractivity contribution in [3.8, 4) is 39.1 Å². The van der Waals surface area contributed by atoms with Gasteiger partial charge in [0.15, 0.2) is 0 Å². The topological polar surface area (TPSA) is 4.93 Å². The minimum absolute atomic E-state index is 0.362. The van der Waals surface area contributed by atoms with Gasteiger partial charge in [-0.25, -0.2) is 0 Å². The van der Waals surface area contributed by atoms with Crippen LogP contribution in [0.25, 0.3) is 61.6 Å². The number of nitrogens with zero attached hydrogens (tertiary/aromatic N) is 1. The second-order valence-electron chi connectivity index (χ2n) is 18.5. The molecule has 10 aromatic rings. The fourth-order valence-corrected chi connectivity index (χ4v) is 11.0. The molecule has 0 saturated carbocycles. The molecule has 3 aliphatic rings. The quantitative estimate of drug-likeness (QED) is 0.162. The Balaban J connectivity index is 0.000000312. The van der Waals surface area contributed by atoms with Gasteiger partial charge in [0.2, 0.25) is 0 Å². The lowest BCUT2D eigenvalue weighted by atomic mass is 9.68. The van der Waals surface area contributed by atoms with Crippen molar-refractivity contribution < 1.29 is 0 Å². The molecule has 1 heteroatoms. The molecule has 346 valence electrons. The molecule has 0 radical (unpaired) electrons. The summed E-state index contributed by atoms with van der Waals surface area (Å²) >= 11 is 0. The van der Waals surface area contributed by atoms with Gasteiger partial charge < -0.3 is 4.57 Å². The first-order chi connectivity index (χ1) is 35.0. The summed E-state index contributed by atoms with van der Waals surface area (Å²) in [6.45, 7) is 10.4. The molecule has 13 rings (SSSR count). The van der Waals surface area contributed by atoms with Crippen molar-refractivity contribution in [2.75, 3.05) is 0 Å². The number of hydrogen-bond donors (Lipinski definition) is 0. The normalized spacial score (nSPS) is 14.2. The Morgan fingerprint density at radius 3 is 1.59 bits per heavy atom. The summed E-state index contributed by atoms with van der Waals surface area (Å²) in [5, 5.41) is 3.94. The van der Waals surface area contributed by atoms with Gasteiger partial charge in [-0.05, 0) is 112 Å². The van der Waals surface area contributed by atoms with Crippen LogP contribution in [-0.4, -0.2) is 4.57 Å². The van der Waals surface area contributed by atoms with Crippen molar-refractivity contribution in [2.45, 2.75) is 46.5 Å². The number of hydrogen-bond acceptors (Lipinski definition) is 0. The molecule has 1 nitrogen and oxygen atoms in total. The Kier molecular flexibility index (Phi) is 13.6. The smallest absolute Gasteiger partial charge is 0.0713 e. The maximum absolute atomic E-state index is 2.57. The van der Waals surface area contributed by atoms with Crippen molar-refractivity contribution >= 4 is 22.6 Å². The van der Waals surface area contributed by atoms with E-state index in [1.54, 1.807) is 0 Å². The van der Waals surface area contributed by atoms with E-state index in [4.69, 9.17) is 0 Å². The molecule has 0 aliphatic heterocycles. The molecule has 1 heterocycles. The van der Waals surface area contributed by atoms with E-state index < -0.39 is 5.41 Å². The van der Waals surface area contributed by atoms with Gasteiger partial charge in [0.1, 0.15) is 0 Å². The maximum atomic E-state index is 2.57. The van der Waals surface area contributed by atoms with Crippen LogP contribution in [0.4, 0.5) is 0 Å². The Morgan fingerprint density at radius 1 is 0.451 bits per heavy atom. The van der Waals surface area contributed by atoms with Crippen molar-refractivity contribution in [1.82, 2.24) is 4.57 Å². The Labute approximate surface area is 420 Å². The summed E-state index contributed by atoms with van der Waals surface area (Å²) in [5.74, 6) is 0.362. The lowest BCUT2D eigenvalue weighted by Gasteiger charge is -2.33. The van der Waals surface area contributed by atoms with E-state index in [0.29, 0.717) is 5.92 Å². The molecule has 3 aliphatic carbocycles. The highest BCUT2D eigenvalue weighted by atomic mass is 15.0. The molecule has 0 saturated heterocycles. The third kappa shape index (κ3) is 8.74. The molecular weight excluding hydrogens is 855 g/mol. The van der Waals surface area contributed by atoms with Crippen LogP contribution in [-0.2, 0) is 5.41 Å². The first-order valence-corrected chi connectivity index (χ1v) is 25.3. The monoisotopic (exact) mass is 915 g/mol. The average Bonchev–Trinajstić information content (AvgIpc) is 3.93. The SMILES string of the molecule is CC.Cc1ccccc1.Cc1ccccc1.Cc1ccccc1-c1ccccc1-c1ccc2c3c(n(-c4ccc5c(c4)-c4ccccc4C5(c4ccccc4)c4ccccc4)c2c1)=C1C=CC=CC1CC=3. The Hall–Kier alpha value is -8.26. The van der Waals surface area contributed by atoms with Crippen molar-refractivity contribution in [3.63, 3.8) is 0 Å². The van der Waals surface area contributed by atoms with E-state index in [9.17, 15) is 0 Å². The number of fused-ring (bicyclic) bond motifs is 7. The van der Waals surface area contributed by atoms with Gasteiger partial charge in [0.05, 0.1) is 16.3 Å². The lowest BCUT2D eigenvalue weighted by molar-refractivity contribution is 0.768. The molecule has 9 aromatic carbocycles. The molecule has 71 heavy (non-hydrogen) atoms. The number of aromatic nitrogens is 1. The largest absolute Gasteiger partial charge is 0.309 e. The maximum Gasteiger partial charge on any atom is 0.0713 e. The Bertz CT molecular complexity index is 3570. The van der Waals surface area contributed by atoms with Gasteiger partial charge in [0, 0.05) is 22.2 Å². The molecule has 0 amide bonds. The van der Waals surface area contributed by atoms with Crippen LogP contribution in [0.15, 0.2) is 255 Å². The number of aryl methyl sites for hydroxylation is 3. The minimum Gasteiger partial charge on any atom is -0.309 e. The molecular formula is C70H61N. The van der Waals surface area contributed by atoms with E-state index in [1.807, 2.05) is 50.2 Å². The number of rotatable bonds is 5. The zero-order valence-electron chi connectivity index (χ0n) is 41.6. The fraction of sp³-hybridized carbons (Fsp3) is 0.114. The second kappa shape index (κ2) is 20.8. The van der Waals surface area contributed by atoms with Gasteiger partial charge in [-0.3, -0.25) is 0 Å². The molecule has 0 bridgehead atoms. The van der Waals surface area contributed by atoms with E-state index in [1.165, 1.54) is 105 Å². The summed E-state index contributed by atoms with van der Waals surface area (Å²) in [5.41, 5.74) is 20.1. The van der Waals surface area contributed by atoms with Gasteiger partial charge >= 0.3 is 0 Å². The van der Waals surface area contributed by atoms with Gasteiger partial charge in [-0.15, -0.1) is 0 Å². The highest BCUT2D eigenvalue weighted by Gasteiger charge is 2.46. The third-order valence-electron chi connectivity index (χ3n) is 14.2. The van der Waals surface area contributed by atoms with Crippen LogP contribution in [0, 0.1) is 26.7 Å². The van der Waals surface area contributed by atoms with Crippen LogP contribution in [0.1, 0.15) is 59.2 Å².